The highest BCUT2D eigenvalue weighted by molar-refractivity contribution is 6.33. The second kappa shape index (κ2) is 8.09. The molecule has 1 unspecified atom stereocenters. The van der Waals surface area contributed by atoms with Gasteiger partial charge >= 0.3 is 0 Å². The molecule has 0 bridgehead atoms. The van der Waals surface area contributed by atoms with E-state index in [1.54, 1.807) is 18.2 Å². The Kier molecular flexibility index (Phi) is 5.55. The molecule has 4 rings (SSSR count). The van der Waals surface area contributed by atoms with Crippen LogP contribution in [0.15, 0.2) is 29.4 Å². The molecular formula is C20H25ClN4O3. The average Bonchev–Trinajstić information content (AvgIpc) is 3.42. The van der Waals surface area contributed by atoms with Gasteiger partial charge in [0.05, 0.1) is 10.6 Å². The van der Waals surface area contributed by atoms with Gasteiger partial charge in [-0.2, -0.15) is 5.01 Å². The normalized spacial score (nSPS) is 25.1. The van der Waals surface area contributed by atoms with Gasteiger partial charge in [-0.1, -0.05) is 23.7 Å². The molecule has 2 amide bonds. The number of rotatable bonds is 4. The van der Waals surface area contributed by atoms with Crippen molar-refractivity contribution in [3.8, 4) is 0 Å². The van der Waals surface area contributed by atoms with E-state index < -0.39 is 6.23 Å². The topological polar surface area (TPSA) is 65.5 Å². The van der Waals surface area contributed by atoms with Crippen molar-refractivity contribution in [2.75, 3.05) is 26.2 Å². The van der Waals surface area contributed by atoms with Crippen LogP contribution < -0.4 is 0 Å². The Bertz CT molecular complexity index is 793. The number of carbonyl (C=O) groups is 2. The number of nitrogens with zero attached hydrogens (tertiary/aromatic N) is 4. The maximum atomic E-state index is 13.3. The second-order valence-electron chi connectivity index (χ2n) is 7.55. The fraction of sp³-hybridized carbons (Fsp3) is 0.550. The summed E-state index contributed by atoms with van der Waals surface area (Å²) >= 11 is 6.24. The number of hydrogen-bond donors (Lipinski definition) is 0. The Morgan fingerprint density at radius 3 is 2.64 bits per heavy atom. The fourth-order valence-electron chi connectivity index (χ4n) is 4.19. The molecule has 2 saturated heterocycles. The van der Waals surface area contributed by atoms with Crippen molar-refractivity contribution in [2.24, 2.45) is 5.10 Å². The highest BCUT2D eigenvalue weighted by Crippen LogP contribution is 2.27. The van der Waals surface area contributed by atoms with Crippen LogP contribution in [0, 0.1) is 0 Å². The van der Waals surface area contributed by atoms with E-state index in [9.17, 15) is 9.59 Å². The van der Waals surface area contributed by atoms with Gasteiger partial charge in [0.25, 0.3) is 12.1 Å². The van der Waals surface area contributed by atoms with E-state index in [0.717, 1.165) is 37.5 Å². The van der Waals surface area contributed by atoms with Gasteiger partial charge < -0.3 is 14.5 Å². The lowest BCUT2D eigenvalue weighted by molar-refractivity contribution is -0.154. The molecule has 0 aliphatic carbocycles. The monoisotopic (exact) mass is 404 g/mol. The molecule has 0 N–H and O–H groups in total. The molecule has 0 spiro atoms. The van der Waals surface area contributed by atoms with E-state index in [-0.39, 0.29) is 23.8 Å². The van der Waals surface area contributed by atoms with E-state index in [0.29, 0.717) is 17.1 Å². The highest BCUT2D eigenvalue weighted by Gasteiger charge is 2.43. The summed E-state index contributed by atoms with van der Waals surface area (Å²) < 4.78 is 5.86. The van der Waals surface area contributed by atoms with Gasteiger partial charge in [-0.15, -0.1) is 5.10 Å². The SMILES string of the molecule is CC(=O)N1N=C(c2ccccc2Cl)OC1C(=O)N1CCC[C@H]1CN1CCCC1. The minimum atomic E-state index is -1.07. The molecule has 0 aromatic heterocycles. The molecule has 3 aliphatic heterocycles. The Balaban J connectivity index is 1.51. The van der Waals surface area contributed by atoms with Crippen molar-refractivity contribution in [2.45, 2.75) is 44.9 Å². The lowest BCUT2D eigenvalue weighted by Crippen LogP contribution is -2.51. The van der Waals surface area contributed by atoms with Gasteiger partial charge in [-0.3, -0.25) is 9.59 Å². The zero-order valence-corrected chi connectivity index (χ0v) is 16.8. The predicted molar refractivity (Wildman–Crippen MR) is 106 cm³/mol. The standard InChI is InChI=1S/C20H25ClN4O3/c1-14(26)25-20(28-18(22-25)16-8-2-3-9-17(16)21)19(27)24-12-6-7-15(24)13-23-10-4-5-11-23/h2-3,8-9,15,20H,4-7,10-13H2,1H3/t15-,20?/m0/s1. The Morgan fingerprint density at radius 2 is 1.93 bits per heavy atom. The van der Waals surface area contributed by atoms with Crippen LogP contribution in [0.4, 0.5) is 0 Å². The summed E-state index contributed by atoms with van der Waals surface area (Å²) in [6, 6.07) is 7.26. The zero-order chi connectivity index (χ0) is 19.7. The molecule has 2 atom stereocenters. The van der Waals surface area contributed by atoms with Crippen LogP contribution in [0.1, 0.15) is 38.2 Å². The molecular weight excluding hydrogens is 380 g/mol. The van der Waals surface area contributed by atoms with Crippen molar-refractivity contribution in [3.05, 3.63) is 34.9 Å². The summed E-state index contributed by atoms with van der Waals surface area (Å²) in [5, 5.41) is 5.85. The lowest BCUT2D eigenvalue weighted by atomic mass is 10.2. The van der Waals surface area contributed by atoms with Gasteiger partial charge in [0.2, 0.25) is 11.8 Å². The first-order chi connectivity index (χ1) is 13.5. The summed E-state index contributed by atoms with van der Waals surface area (Å²) in [5.74, 6) is -0.340. The van der Waals surface area contributed by atoms with E-state index in [2.05, 4.69) is 10.0 Å². The molecule has 28 heavy (non-hydrogen) atoms. The molecule has 1 aromatic rings. The zero-order valence-electron chi connectivity index (χ0n) is 16.0. The van der Waals surface area contributed by atoms with Gasteiger partial charge in [0.15, 0.2) is 0 Å². The number of likely N-dealkylation sites (tertiary alicyclic amines) is 2. The van der Waals surface area contributed by atoms with Crippen molar-refractivity contribution in [3.63, 3.8) is 0 Å². The Morgan fingerprint density at radius 1 is 1.18 bits per heavy atom. The average molecular weight is 405 g/mol. The van der Waals surface area contributed by atoms with Crippen molar-refractivity contribution < 1.29 is 14.3 Å². The quantitative estimate of drug-likeness (QED) is 0.772. The van der Waals surface area contributed by atoms with Crippen LogP contribution in [0.2, 0.25) is 5.02 Å². The summed E-state index contributed by atoms with van der Waals surface area (Å²) in [4.78, 5) is 29.7. The minimum absolute atomic E-state index is 0.160. The van der Waals surface area contributed by atoms with Crippen molar-refractivity contribution in [1.82, 2.24) is 14.8 Å². The molecule has 3 heterocycles. The highest BCUT2D eigenvalue weighted by atomic mass is 35.5. The lowest BCUT2D eigenvalue weighted by Gasteiger charge is -2.31. The van der Waals surface area contributed by atoms with Crippen LogP contribution in [0.3, 0.4) is 0 Å². The van der Waals surface area contributed by atoms with Crippen LogP contribution in [-0.2, 0) is 14.3 Å². The molecule has 150 valence electrons. The summed E-state index contributed by atoms with van der Waals surface area (Å²) in [6.45, 7) is 5.14. The number of amides is 2. The van der Waals surface area contributed by atoms with Crippen molar-refractivity contribution >= 4 is 29.3 Å². The van der Waals surface area contributed by atoms with Crippen LogP contribution >= 0.6 is 11.6 Å². The summed E-state index contributed by atoms with van der Waals surface area (Å²) in [5.41, 5.74) is 0.570. The fourth-order valence-corrected chi connectivity index (χ4v) is 4.41. The van der Waals surface area contributed by atoms with Crippen LogP contribution in [-0.4, -0.2) is 71.0 Å². The van der Waals surface area contributed by atoms with Gasteiger partial charge in [-0.25, -0.2) is 0 Å². The predicted octanol–water partition coefficient (Wildman–Crippen LogP) is 2.29. The number of carbonyl (C=O) groups excluding carboxylic acids is 2. The largest absolute Gasteiger partial charge is 0.440 e. The first-order valence-corrected chi connectivity index (χ1v) is 10.2. The Hall–Kier alpha value is -2.12. The third-order valence-corrected chi connectivity index (χ3v) is 5.94. The van der Waals surface area contributed by atoms with Crippen LogP contribution in [0.25, 0.3) is 0 Å². The molecule has 1 aromatic carbocycles. The third-order valence-electron chi connectivity index (χ3n) is 5.61. The van der Waals surface area contributed by atoms with E-state index in [4.69, 9.17) is 16.3 Å². The maximum absolute atomic E-state index is 13.3. The Labute approximate surface area is 169 Å². The van der Waals surface area contributed by atoms with E-state index in [1.807, 2.05) is 11.0 Å². The van der Waals surface area contributed by atoms with E-state index in [1.165, 1.54) is 19.8 Å². The van der Waals surface area contributed by atoms with Gasteiger partial charge in [0.1, 0.15) is 0 Å². The van der Waals surface area contributed by atoms with Crippen molar-refractivity contribution in [1.29, 1.82) is 0 Å². The number of ether oxygens (including phenoxy) is 1. The molecule has 8 heteroatoms. The third kappa shape index (κ3) is 3.73. The number of halogens is 1. The molecule has 0 saturated carbocycles. The van der Waals surface area contributed by atoms with E-state index >= 15 is 0 Å². The van der Waals surface area contributed by atoms with Crippen LogP contribution in [0.5, 0.6) is 0 Å². The number of hydrogen-bond acceptors (Lipinski definition) is 5. The van der Waals surface area contributed by atoms with Gasteiger partial charge in [-0.05, 0) is 50.9 Å². The first-order valence-electron chi connectivity index (χ1n) is 9.87. The number of benzene rings is 1. The first kappa shape index (κ1) is 19.2. The second-order valence-corrected chi connectivity index (χ2v) is 7.96. The van der Waals surface area contributed by atoms with Gasteiger partial charge in [0, 0.05) is 26.1 Å². The molecule has 7 nitrogen and oxygen atoms in total. The molecule has 0 radical (unpaired) electrons. The number of hydrazone groups is 1. The molecule has 2 fully saturated rings. The molecule has 3 aliphatic rings. The summed E-state index contributed by atoms with van der Waals surface area (Å²) in [6.07, 6.45) is 3.32. The maximum Gasteiger partial charge on any atom is 0.287 e. The minimum Gasteiger partial charge on any atom is -0.440 e. The smallest absolute Gasteiger partial charge is 0.287 e. The summed E-state index contributed by atoms with van der Waals surface area (Å²) in [7, 11) is 0.